The molecule has 146 valence electrons. The van der Waals surface area contributed by atoms with Gasteiger partial charge in [0, 0.05) is 16.3 Å². The number of carbonyl (C=O) groups is 2. The van der Waals surface area contributed by atoms with E-state index in [4.69, 9.17) is 16.3 Å². The van der Waals surface area contributed by atoms with Crippen molar-refractivity contribution >= 4 is 34.8 Å². The van der Waals surface area contributed by atoms with Crippen molar-refractivity contribution in [3.63, 3.8) is 0 Å². The fourth-order valence-corrected chi connectivity index (χ4v) is 3.35. The molecule has 3 aromatic carbocycles. The molecule has 0 spiro atoms. The van der Waals surface area contributed by atoms with E-state index in [1.54, 1.807) is 47.4 Å². The van der Waals surface area contributed by atoms with Crippen LogP contribution in [0.4, 0.5) is 11.4 Å². The van der Waals surface area contributed by atoms with E-state index in [-0.39, 0.29) is 18.4 Å². The van der Waals surface area contributed by atoms with E-state index in [0.29, 0.717) is 34.3 Å². The number of benzene rings is 3. The molecule has 1 aliphatic heterocycles. The van der Waals surface area contributed by atoms with Crippen LogP contribution in [0.1, 0.15) is 21.5 Å². The van der Waals surface area contributed by atoms with Crippen LogP contribution in [0.25, 0.3) is 0 Å². The lowest BCUT2D eigenvalue weighted by Gasteiger charge is -2.30. The maximum absolute atomic E-state index is 12.5. The second-order valence-electron chi connectivity index (χ2n) is 6.90. The Morgan fingerprint density at radius 3 is 2.66 bits per heavy atom. The number of hydrogen-bond donors (Lipinski definition) is 1. The zero-order chi connectivity index (χ0) is 20.4. The maximum atomic E-state index is 12.5. The Hall–Kier alpha value is -3.31. The van der Waals surface area contributed by atoms with Gasteiger partial charge in [-0.2, -0.15) is 0 Å². The van der Waals surface area contributed by atoms with Gasteiger partial charge in [-0.1, -0.05) is 47.5 Å². The van der Waals surface area contributed by atoms with Crippen LogP contribution < -0.4 is 15.0 Å². The fourth-order valence-electron chi connectivity index (χ4n) is 3.16. The summed E-state index contributed by atoms with van der Waals surface area (Å²) in [4.78, 5) is 26.7. The molecule has 0 saturated carbocycles. The molecule has 0 bridgehead atoms. The summed E-state index contributed by atoms with van der Waals surface area (Å²) in [5, 5.41) is 3.34. The Kier molecular flexibility index (Phi) is 5.23. The van der Waals surface area contributed by atoms with Crippen LogP contribution in [0.15, 0.2) is 66.7 Å². The number of nitrogens with zero attached hydrogens (tertiary/aromatic N) is 1. The highest BCUT2D eigenvalue weighted by Crippen LogP contribution is 2.35. The third-order valence-electron chi connectivity index (χ3n) is 4.71. The first-order valence-electron chi connectivity index (χ1n) is 9.19. The van der Waals surface area contributed by atoms with E-state index in [1.807, 2.05) is 31.2 Å². The molecular weight excluding hydrogens is 388 g/mol. The molecule has 0 fully saturated rings. The second kappa shape index (κ2) is 7.97. The van der Waals surface area contributed by atoms with Crippen molar-refractivity contribution in [3.05, 3.63) is 88.4 Å². The minimum Gasteiger partial charge on any atom is -0.482 e. The van der Waals surface area contributed by atoms with Crippen molar-refractivity contribution < 1.29 is 14.3 Å². The first kappa shape index (κ1) is 19.0. The van der Waals surface area contributed by atoms with Crippen molar-refractivity contribution in [1.29, 1.82) is 0 Å². The van der Waals surface area contributed by atoms with Gasteiger partial charge >= 0.3 is 0 Å². The number of amides is 2. The molecule has 1 aliphatic rings. The number of fused-ring (bicyclic) bond motifs is 1. The largest absolute Gasteiger partial charge is 0.482 e. The van der Waals surface area contributed by atoms with Gasteiger partial charge in [-0.3, -0.25) is 9.59 Å². The molecule has 0 radical (unpaired) electrons. The summed E-state index contributed by atoms with van der Waals surface area (Å²) in [5.74, 6) is 0.203. The zero-order valence-corrected chi connectivity index (χ0v) is 16.6. The molecule has 1 heterocycles. The highest BCUT2D eigenvalue weighted by atomic mass is 35.5. The van der Waals surface area contributed by atoms with Gasteiger partial charge in [-0.15, -0.1) is 0 Å². The van der Waals surface area contributed by atoms with Crippen LogP contribution in [0, 0.1) is 6.92 Å². The standard InChI is InChI=1S/C23H19ClN2O3/c1-15-5-7-16(8-6-15)13-26-20-12-19(9-10-21(20)29-14-22(26)27)25-23(28)17-3-2-4-18(24)11-17/h2-12H,13-14H2,1H3,(H,25,28). The third kappa shape index (κ3) is 4.25. The van der Waals surface area contributed by atoms with Gasteiger partial charge in [0.15, 0.2) is 6.61 Å². The van der Waals surface area contributed by atoms with Crippen LogP contribution in [0.3, 0.4) is 0 Å². The third-order valence-corrected chi connectivity index (χ3v) is 4.94. The van der Waals surface area contributed by atoms with E-state index in [0.717, 1.165) is 11.1 Å². The molecule has 0 aliphatic carbocycles. The average molecular weight is 407 g/mol. The van der Waals surface area contributed by atoms with E-state index in [1.165, 1.54) is 0 Å². The van der Waals surface area contributed by atoms with Crippen molar-refractivity contribution in [2.24, 2.45) is 0 Å². The number of aryl methyl sites for hydroxylation is 1. The molecular formula is C23H19ClN2O3. The van der Waals surface area contributed by atoms with E-state index < -0.39 is 0 Å². The summed E-state index contributed by atoms with van der Waals surface area (Å²) >= 11 is 5.97. The topological polar surface area (TPSA) is 58.6 Å². The summed E-state index contributed by atoms with van der Waals surface area (Å²) in [6.07, 6.45) is 0. The summed E-state index contributed by atoms with van der Waals surface area (Å²) in [6.45, 7) is 2.45. The summed E-state index contributed by atoms with van der Waals surface area (Å²) in [6, 6.07) is 20.0. The van der Waals surface area contributed by atoms with Gasteiger partial charge in [0.2, 0.25) is 0 Å². The lowest BCUT2D eigenvalue weighted by molar-refractivity contribution is -0.121. The van der Waals surface area contributed by atoms with Gasteiger partial charge < -0.3 is 15.0 Å². The molecule has 5 nitrogen and oxygen atoms in total. The quantitative estimate of drug-likeness (QED) is 0.675. The van der Waals surface area contributed by atoms with Crippen LogP contribution in [0.5, 0.6) is 5.75 Å². The van der Waals surface area contributed by atoms with Gasteiger partial charge in [-0.05, 0) is 48.9 Å². The Balaban J connectivity index is 1.60. The normalized spacial score (nSPS) is 12.9. The Labute approximate surface area is 173 Å². The Bertz CT molecular complexity index is 1080. The highest BCUT2D eigenvalue weighted by molar-refractivity contribution is 6.31. The average Bonchev–Trinajstić information content (AvgIpc) is 2.71. The molecule has 0 unspecified atom stereocenters. The lowest BCUT2D eigenvalue weighted by atomic mass is 10.1. The highest BCUT2D eigenvalue weighted by Gasteiger charge is 2.26. The molecule has 29 heavy (non-hydrogen) atoms. The smallest absolute Gasteiger partial charge is 0.265 e. The monoisotopic (exact) mass is 406 g/mol. The molecule has 4 rings (SSSR count). The van der Waals surface area contributed by atoms with Crippen molar-refractivity contribution in [2.75, 3.05) is 16.8 Å². The number of hydrogen-bond acceptors (Lipinski definition) is 3. The van der Waals surface area contributed by atoms with Crippen molar-refractivity contribution in [2.45, 2.75) is 13.5 Å². The fraction of sp³-hybridized carbons (Fsp3) is 0.130. The van der Waals surface area contributed by atoms with Crippen LogP contribution in [0.2, 0.25) is 5.02 Å². The molecule has 2 amide bonds. The van der Waals surface area contributed by atoms with E-state index in [2.05, 4.69) is 5.32 Å². The lowest BCUT2D eigenvalue weighted by Crippen LogP contribution is -2.38. The van der Waals surface area contributed by atoms with Crippen molar-refractivity contribution in [3.8, 4) is 5.75 Å². The van der Waals surface area contributed by atoms with Gasteiger partial charge in [0.05, 0.1) is 12.2 Å². The number of nitrogens with one attached hydrogen (secondary N) is 1. The first-order valence-corrected chi connectivity index (χ1v) is 9.57. The summed E-state index contributed by atoms with van der Waals surface area (Å²) < 4.78 is 5.56. The Morgan fingerprint density at radius 2 is 1.90 bits per heavy atom. The number of halogens is 1. The molecule has 3 aromatic rings. The molecule has 1 N–H and O–H groups in total. The summed E-state index contributed by atoms with van der Waals surface area (Å²) in [5.41, 5.74) is 3.84. The summed E-state index contributed by atoms with van der Waals surface area (Å²) in [7, 11) is 0. The molecule has 6 heteroatoms. The van der Waals surface area contributed by atoms with Crippen LogP contribution in [-0.4, -0.2) is 18.4 Å². The van der Waals surface area contributed by atoms with Crippen LogP contribution >= 0.6 is 11.6 Å². The number of ether oxygens (including phenoxy) is 1. The van der Waals surface area contributed by atoms with Gasteiger partial charge in [0.25, 0.3) is 11.8 Å². The SMILES string of the molecule is Cc1ccc(CN2C(=O)COc3ccc(NC(=O)c4cccc(Cl)c4)cc32)cc1. The molecule has 0 aromatic heterocycles. The zero-order valence-electron chi connectivity index (χ0n) is 15.8. The second-order valence-corrected chi connectivity index (χ2v) is 7.34. The minimum atomic E-state index is -0.277. The number of carbonyl (C=O) groups excluding carboxylic acids is 2. The maximum Gasteiger partial charge on any atom is 0.265 e. The predicted molar refractivity (Wildman–Crippen MR) is 114 cm³/mol. The van der Waals surface area contributed by atoms with E-state index >= 15 is 0 Å². The predicted octanol–water partition coefficient (Wildman–Crippen LogP) is 4.83. The van der Waals surface area contributed by atoms with Crippen molar-refractivity contribution in [1.82, 2.24) is 0 Å². The number of rotatable bonds is 4. The Morgan fingerprint density at radius 1 is 1.10 bits per heavy atom. The van der Waals surface area contributed by atoms with Gasteiger partial charge in [-0.25, -0.2) is 0 Å². The van der Waals surface area contributed by atoms with E-state index in [9.17, 15) is 9.59 Å². The van der Waals surface area contributed by atoms with Crippen LogP contribution in [-0.2, 0) is 11.3 Å². The number of anilines is 2. The van der Waals surface area contributed by atoms with Gasteiger partial charge in [0.1, 0.15) is 5.75 Å². The first-order chi connectivity index (χ1) is 14.0. The minimum absolute atomic E-state index is 0.00686. The molecule has 0 saturated heterocycles. The molecule has 0 atom stereocenters.